The molecule has 0 bridgehead atoms. The topological polar surface area (TPSA) is 96.3 Å². The number of hydrogen-bond donors (Lipinski definition) is 3. The first-order valence-corrected chi connectivity index (χ1v) is 6.34. The first kappa shape index (κ1) is 13.4. The number of aromatic nitrogens is 2. The Balaban J connectivity index is 1.98. The predicted molar refractivity (Wildman–Crippen MR) is 68.9 cm³/mol. The number of amides is 2. The van der Waals surface area contributed by atoms with E-state index < -0.39 is 18.0 Å². The fourth-order valence-corrected chi connectivity index (χ4v) is 2.01. The van der Waals surface area contributed by atoms with E-state index in [4.69, 9.17) is 5.11 Å². The summed E-state index contributed by atoms with van der Waals surface area (Å²) in [5.41, 5.74) is 1.39. The Morgan fingerprint density at radius 3 is 2.79 bits per heavy atom. The Morgan fingerprint density at radius 2 is 2.26 bits per heavy atom. The summed E-state index contributed by atoms with van der Waals surface area (Å²) in [6.45, 7) is 1.94. The first-order valence-electron chi connectivity index (χ1n) is 6.34. The zero-order chi connectivity index (χ0) is 14.0. The molecule has 0 radical (unpaired) electrons. The van der Waals surface area contributed by atoms with Crippen molar-refractivity contribution in [1.82, 2.24) is 15.1 Å². The fraction of sp³-hybridized carbons (Fsp3) is 0.583. The van der Waals surface area contributed by atoms with E-state index in [-0.39, 0.29) is 5.92 Å². The summed E-state index contributed by atoms with van der Waals surface area (Å²) in [6, 6.07) is -1.30. The van der Waals surface area contributed by atoms with Crippen LogP contribution in [0.4, 0.5) is 10.5 Å². The maximum atomic E-state index is 11.8. The lowest BCUT2D eigenvalue weighted by molar-refractivity contribution is -0.139. The molecular formula is C12H18N4O3. The predicted octanol–water partition coefficient (Wildman–Crippen LogP) is 0.967. The molecule has 19 heavy (non-hydrogen) atoms. The van der Waals surface area contributed by atoms with Gasteiger partial charge in [0.05, 0.1) is 11.4 Å². The van der Waals surface area contributed by atoms with Gasteiger partial charge < -0.3 is 15.7 Å². The number of carboxylic acid groups (broad SMARTS) is 1. The molecule has 104 valence electrons. The Labute approximate surface area is 111 Å². The zero-order valence-corrected chi connectivity index (χ0v) is 11.0. The van der Waals surface area contributed by atoms with Crippen LogP contribution in [0.15, 0.2) is 6.20 Å². The van der Waals surface area contributed by atoms with Crippen molar-refractivity contribution >= 4 is 17.7 Å². The summed E-state index contributed by atoms with van der Waals surface area (Å²) in [6.07, 6.45) is 4.10. The van der Waals surface area contributed by atoms with Crippen molar-refractivity contribution in [3.63, 3.8) is 0 Å². The summed E-state index contributed by atoms with van der Waals surface area (Å²) in [5.74, 6) is -0.928. The van der Waals surface area contributed by atoms with Crippen LogP contribution in [0.3, 0.4) is 0 Å². The molecule has 2 rings (SSSR count). The van der Waals surface area contributed by atoms with E-state index in [0.717, 1.165) is 18.5 Å². The van der Waals surface area contributed by atoms with Crippen LogP contribution >= 0.6 is 0 Å². The van der Waals surface area contributed by atoms with Crippen LogP contribution in [0, 0.1) is 5.92 Å². The number of anilines is 1. The summed E-state index contributed by atoms with van der Waals surface area (Å²) >= 11 is 0. The molecule has 0 aromatic carbocycles. The van der Waals surface area contributed by atoms with Gasteiger partial charge in [0, 0.05) is 13.2 Å². The standard InChI is InChI=1S/C12H18N4O3/c1-3-8-9(6-16(2)15-8)13-12(19)14-10(11(17)18)7-4-5-7/h6-7,10H,3-5H2,1-2H3,(H,17,18)(H2,13,14,19). The van der Waals surface area contributed by atoms with Gasteiger partial charge in [0.25, 0.3) is 0 Å². The van der Waals surface area contributed by atoms with E-state index in [2.05, 4.69) is 15.7 Å². The van der Waals surface area contributed by atoms with Gasteiger partial charge in [-0.05, 0) is 25.2 Å². The average molecular weight is 266 g/mol. The molecule has 7 heteroatoms. The van der Waals surface area contributed by atoms with Crippen molar-refractivity contribution in [2.75, 3.05) is 5.32 Å². The summed E-state index contributed by atoms with van der Waals surface area (Å²) in [7, 11) is 1.77. The number of nitrogens with one attached hydrogen (secondary N) is 2. The second kappa shape index (κ2) is 5.29. The number of carbonyl (C=O) groups excluding carboxylic acids is 1. The van der Waals surface area contributed by atoms with Crippen molar-refractivity contribution in [3.8, 4) is 0 Å². The third kappa shape index (κ3) is 3.24. The van der Waals surface area contributed by atoms with Gasteiger partial charge in [-0.1, -0.05) is 6.92 Å². The summed E-state index contributed by atoms with van der Waals surface area (Å²) in [4.78, 5) is 22.9. The maximum absolute atomic E-state index is 11.8. The SMILES string of the molecule is CCc1nn(C)cc1NC(=O)NC(C(=O)O)C1CC1. The third-order valence-corrected chi connectivity index (χ3v) is 3.13. The molecule has 1 aromatic rings. The Hall–Kier alpha value is -2.05. The molecule has 1 fully saturated rings. The Kier molecular flexibility index (Phi) is 3.73. The molecular weight excluding hydrogens is 248 g/mol. The van der Waals surface area contributed by atoms with Crippen molar-refractivity contribution in [2.24, 2.45) is 13.0 Å². The van der Waals surface area contributed by atoms with E-state index >= 15 is 0 Å². The second-order valence-electron chi connectivity index (χ2n) is 4.77. The smallest absolute Gasteiger partial charge is 0.326 e. The van der Waals surface area contributed by atoms with Gasteiger partial charge in [-0.2, -0.15) is 5.10 Å². The van der Waals surface area contributed by atoms with Crippen molar-refractivity contribution in [2.45, 2.75) is 32.2 Å². The highest BCUT2D eigenvalue weighted by Crippen LogP contribution is 2.32. The number of rotatable bonds is 5. The number of aryl methyl sites for hydroxylation is 2. The largest absolute Gasteiger partial charge is 0.480 e. The highest BCUT2D eigenvalue weighted by Gasteiger charge is 2.37. The molecule has 1 saturated carbocycles. The van der Waals surface area contributed by atoms with Gasteiger partial charge in [-0.15, -0.1) is 0 Å². The van der Waals surface area contributed by atoms with Gasteiger partial charge >= 0.3 is 12.0 Å². The van der Waals surface area contributed by atoms with Crippen LogP contribution in [0.5, 0.6) is 0 Å². The van der Waals surface area contributed by atoms with E-state index in [1.807, 2.05) is 6.92 Å². The summed E-state index contributed by atoms with van der Waals surface area (Å²) < 4.78 is 1.62. The van der Waals surface area contributed by atoms with Gasteiger partial charge in [0.15, 0.2) is 0 Å². The number of hydrogen-bond acceptors (Lipinski definition) is 3. The van der Waals surface area contributed by atoms with E-state index in [0.29, 0.717) is 12.1 Å². The van der Waals surface area contributed by atoms with Gasteiger partial charge in [0.2, 0.25) is 0 Å². The lowest BCUT2D eigenvalue weighted by Gasteiger charge is -2.14. The lowest BCUT2D eigenvalue weighted by atomic mass is 10.2. The number of carboxylic acids is 1. The molecule has 1 aromatic heterocycles. The molecule has 1 aliphatic carbocycles. The number of nitrogens with zero attached hydrogens (tertiary/aromatic N) is 2. The third-order valence-electron chi connectivity index (χ3n) is 3.13. The highest BCUT2D eigenvalue weighted by atomic mass is 16.4. The molecule has 3 N–H and O–H groups in total. The molecule has 7 nitrogen and oxygen atoms in total. The fourth-order valence-electron chi connectivity index (χ4n) is 2.01. The molecule has 1 unspecified atom stereocenters. The van der Waals surface area contributed by atoms with E-state index in [1.54, 1.807) is 17.9 Å². The van der Waals surface area contributed by atoms with Crippen LogP contribution < -0.4 is 10.6 Å². The minimum atomic E-state index is -0.987. The monoisotopic (exact) mass is 266 g/mol. The van der Waals surface area contributed by atoms with E-state index in [9.17, 15) is 9.59 Å². The second-order valence-corrected chi connectivity index (χ2v) is 4.77. The number of aliphatic carboxylic acids is 1. The number of urea groups is 1. The molecule has 1 atom stereocenters. The van der Waals surface area contributed by atoms with Gasteiger partial charge in [-0.3, -0.25) is 4.68 Å². The Morgan fingerprint density at radius 1 is 1.58 bits per heavy atom. The molecule has 0 spiro atoms. The molecule has 1 aliphatic rings. The minimum absolute atomic E-state index is 0.0581. The quantitative estimate of drug-likeness (QED) is 0.739. The van der Waals surface area contributed by atoms with Gasteiger partial charge in [0.1, 0.15) is 6.04 Å². The maximum Gasteiger partial charge on any atom is 0.326 e. The van der Waals surface area contributed by atoms with Crippen LogP contribution in [-0.4, -0.2) is 32.9 Å². The first-order chi connectivity index (χ1) is 9.01. The van der Waals surface area contributed by atoms with Crippen molar-refractivity contribution in [3.05, 3.63) is 11.9 Å². The highest BCUT2D eigenvalue weighted by molar-refractivity contribution is 5.92. The van der Waals surface area contributed by atoms with E-state index in [1.165, 1.54) is 0 Å². The number of carbonyl (C=O) groups is 2. The van der Waals surface area contributed by atoms with Crippen molar-refractivity contribution < 1.29 is 14.7 Å². The van der Waals surface area contributed by atoms with Crippen LogP contribution in [0.25, 0.3) is 0 Å². The molecule has 2 amide bonds. The molecule has 1 heterocycles. The lowest BCUT2D eigenvalue weighted by Crippen LogP contribution is -2.44. The Bertz CT molecular complexity index is 493. The van der Waals surface area contributed by atoms with Crippen molar-refractivity contribution in [1.29, 1.82) is 0 Å². The van der Waals surface area contributed by atoms with Crippen LogP contribution in [0.1, 0.15) is 25.5 Å². The van der Waals surface area contributed by atoms with Crippen LogP contribution in [0.2, 0.25) is 0 Å². The zero-order valence-electron chi connectivity index (χ0n) is 11.0. The molecule has 0 saturated heterocycles. The normalized spacial score (nSPS) is 15.9. The molecule has 0 aliphatic heterocycles. The van der Waals surface area contributed by atoms with Gasteiger partial charge in [-0.25, -0.2) is 9.59 Å². The average Bonchev–Trinajstić information content (AvgIpc) is 3.10. The summed E-state index contributed by atoms with van der Waals surface area (Å²) in [5, 5.41) is 18.4. The van der Waals surface area contributed by atoms with Crippen LogP contribution in [-0.2, 0) is 18.3 Å². The minimum Gasteiger partial charge on any atom is -0.480 e.